The van der Waals surface area contributed by atoms with Crippen LogP contribution >= 0.6 is 0 Å². The highest BCUT2D eigenvalue weighted by Crippen LogP contribution is 2.05. The molecule has 0 aliphatic rings. The summed E-state index contributed by atoms with van der Waals surface area (Å²) in [5, 5.41) is 38.4. The Kier molecular flexibility index (Phi) is 5.15. The number of rotatable bonds is 5. The van der Waals surface area contributed by atoms with Gasteiger partial charge in [0.2, 0.25) is 5.91 Å². The van der Waals surface area contributed by atoms with Gasteiger partial charge in [-0.2, -0.15) is 0 Å². The van der Waals surface area contributed by atoms with E-state index in [4.69, 9.17) is 15.3 Å². The number of nitrogens with one attached hydrogen (secondary N) is 1. The largest absolute Gasteiger partial charge is 0.387 e. The van der Waals surface area contributed by atoms with Gasteiger partial charge in [0, 0.05) is 7.05 Å². The topological polar surface area (TPSA) is 153 Å². The van der Waals surface area contributed by atoms with Gasteiger partial charge in [0.25, 0.3) is 5.91 Å². The van der Waals surface area contributed by atoms with Crippen molar-refractivity contribution in [2.45, 2.75) is 24.4 Å². The van der Waals surface area contributed by atoms with Gasteiger partial charge in [-0.15, -0.1) is 0 Å². The summed E-state index contributed by atoms with van der Waals surface area (Å²) in [6.07, 6.45) is -8.06. The lowest BCUT2D eigenvalue weighted by atomic mass is 10.0. The summed E-state index contributed by atoms with van der Waals surface area (Å²) in [6, 6.07) is 0. The first-order valence-corrected chi connectivity index (χ1v) is 4.06. The smallest absolute Gasteiger partial charge is 0.251 e. The predicted molar refractivity (Wildman–Crippen MR) is 47.3 cm³/mol. The van der Waals surface area contributed by atoms with E-state index < -0.39 is 36.2 Å². The summed E-state index contributed by atoms with van der Waals surface area (Å²) in [5.74, 6) is -2.23. The van der Waals surface area contributed by atoms with Crippen molar-refractivity contribution in [2.75, 3.05) is 7.05 Å². The van der Waals surface area contributed by atoms with Crippen LogP contribution in [0.4, 0.5) is 0 Å². The molecule has 0 spiro atoms. The van der Waals surface area contributed by atoms with Gasteiger partial charge in [-0.1, -0.05) is 0 Å². The Labute approximate surface area is 85.3 Å². The molecule has 0 rings (SSSR count). The first kappa shape index (κ1) is 13.8. The van der Waals surface area contributed by atoms with Crippen LogP contribution in [-0.2, 0) is 9.59 Å². The molecule has 2 amide bonds. The monoisotopic (exact) mass is 222 g/mol. The fraction of sp³-hybridized carbons (Fsp3) is 0.714. The van der Waals surface area contributed by atoms with Crippen molar-refractivity contribution in [2.24, 2.45) is 5.73 Å². The lowest BCUT2D eigenvalue weighted by Crippen LogP contribution is -2.53. The third kappa shape index (κ3) is 3.44. The van der Waals surface area contributed by atoms with E-state index in [9.17, 15) is 14.7 Å². The van der Waals surface area contributed by atoms with E-state index in [0.29, 0.717) is 0 Å². The lowest BCUT2D eigenvalue weighted by molar-refractivity contribution is -0.153. The molecular weight excluding hydrogens is 208 g/mol. The number of hydrogen-bond donors (Lipinski definition) is 6. The maximum atomic E-state index is 10.8. The van der Waals surface area contributed by atoms with Gasteiger partial charge in [-0.3, -0.25) is 9.59 Å². The van der Waals surface area contributed by atoms with Crippen molar-refractivity contribution in [3.8, 4) is 0 Å². The van der Waals surface area contributed by atoms with Crippen molar-refractivity contribution in [3.63, 3.8) is 0 Å². The van der Waals surface area contributed by atoms with Gasteiger partial charge in [-0.25, -0.2) is 0 Å². The Morgan fingerprint density at radius 1 is 1.07 bits per heavy atom. The second-order valence-electron chi connectivity index (χ2n) is 2.89. The summed E-state index contributed by atoms with van der Waals surface area (Å²) in [5.41, 5.74) is 4.64. The molecule has 0 aromatic rings. The average molecular weight is 222 g/mol. The van der Waals surface area contributed by atoms with Crippen LogP contribution in [0.3, 0.4) is 0 Å². The quantitative estimate of drug-likeness (QED) is 0.276. The van der Waals surface area contributed by atoms with Crippen LogP contribution in [0.2, 0.25) is 0 Å². The average Bonchev–Trinajstić information content (AvgIpc) is 2.23. The Balaban J connectivity index is 4.49. The highest BCUT2D eigenvalue weighted by Gasteiger charge is 2.36. The highest BCUT2D eigenvalue weighted by molar-refractivity contribution is 5.82. The van der Waals surface area contributed by atoms with Gasteiger partial charge >= 0.3 is 0 Å². The zero-order chi connectivity index (χ0) is 12.2. The van der Waals surface area contributed by atoms with Crippen LogP contribution < -0.4 is 11.1 Å². The fourth-order valence-corrected chi connectivity index (χ4v) is 0.845. The van der Waals surface area contributed by atoms with Crippen LogP contribution in [0.25, 0.3) is 0 Å². The van der Waals surface area contributed by atoms with Crippen molar-refractivity contribution >= 4 is 11.8 Å². The molecule has 8 nitrogen and oxygen atoms in total. The van der Waals surface area contributed by atoms with Crippen LogP contribution in [0.1, 0.15) is 0 Å². The molecule has 0 aliphatic carbocycles. The molecule has 8 heteroatoms. The molecule has 88 valence electrons. The zero-order valence-electron chi connectivity index (χ0n) is 7.99. The van der Waals surface area contributed by atoms with Crippen LogP contribution in [0.15, 0.2) is 0 Å². The van der Waals surface area contributed by atoms with Crippen molar-refractivity contribution < 1.29 is 30.0 Å². The SMILES string of the molecule is CNC(=O)[C@@H](O)[C@H](O)[C@@H](O)C(O)C(N)=O. The molecule has 0 heterocycles. The van der Waals surface area contributed by atoms with Crippen molar-refractivity contribution in [1.82, 2.24) is 5.32 Å². The third-order valence-corrected chi connectivity index (χ3v) is 1.80. The molecule has 0 aromatic carbocycles. The molecule has 0 radical (unpaired) electrons. The van der Waals surface area contributed by atoms with E-state index in [1.807, 2.05) is 5.32 Å². The molecule has 0 aromatic heterocycles. The number of aliphatic hydroxyl groups is 4. The number of carbonyl (C=O) groups excluding carboxylic acids is 2. The summed E-state index contributed by atoms with van der Waals surface area (Å²) in [7, 11) is 1.20. The molecule has 0 fully saturated rings. The van der Waals surface area contributed by atoms with E-state index in [1.165, 1.54) is 7.05 Å². The molecule has 0 aliphatic heterocycles. The van der Waals surface area contributed by atoms with Gasteiger partial charge in [0.15, 0.2) is 12.2 Å². The van der Waals surface area contributed by atoms with E-state index in [2.05, 4.69) is 5.73 Å². The molecule has 0 bridgehead atoms. The summed E-state index contributed by atoms with van der Waals surface area (Å²) < 4.78 is 0. The molecule has 1 unspecified atom stereocenters. The first-order chi connectivity index (χ1) is 6.82. The van der Waals surface area contributed by atoms with Gasteiger partial charge in [0.05, 0.1) is 0 Å². The van der Waals surface area contributed by atoms with E-state index >= 15 is 0 Å². The van der Waals surface area contributed by atoms with Crippen molar-refractivity contribution in [1.29, 1.82) is 0 Å². The molecule has 4 atom stereocenters. The first-order valence-electron chi connectivity index (χ1n) is 4.06. The Bertz CT molecular complexity index is 246. The minimum absolute atomic E-state index is 0.960. The minimum atomic E-state index is -2.06. The van der Waals surface area contributed by atoms with Crippen molar-refractivity contribution in [3.05, 3.63) is 0 Å². The second-order valence-corrected chi connectivity index (χ2v) is 2.89. The maximum absolute atomic E-state index is 10.8. The van der Waals surface area contributed by atoms with E-state index in [-0.39, 0.29) is 0 Å². The Hall–Kier alpha value is -1.22. The molecule has 7 N–H and O–H groups in total. The molecule has 15 heavy (non-hydrogen) atoms. The number of hydrogen-bond acceptors (Lipinski definition) is 6. The zero-order valence-corrected chi connectivity index (χ0v) is 7.99. The van der Waals surface area contributed by atoms with Gasteiger partial charge < -0.3 is 31.5 Å². The van der Waals surface area contributed by atoms with E-state index in [0.717, 1.165) is 0 Å². The molecule has 0 saturated heterocycles. The number of amides is 2. The van der Waals surface area contributed by atoms with Crippen LogP contribution in [0.5, 0.6) is 0 Å². The Morgan fingerprint density at radius 3 is 1.80 bits per heavy atom. The number of primary amides is 1. The number of carbonyl (C=O) groups is 2. The number of aliphatic hydroxyl groups excluding tert-OH is 4. The second kappa shape index (κ2) is 5.61. The predicted octanol–water partition coefficient (Wildman–Crippen LogP) is -4.34. The van der Waals surface area contributed by atoms with Gasteiger partial charge in [0.1, 0.15) is 12.2 Å². The fourth-order valence-electron chi connectivity index (χ4n) is 0.845. The van der Waals surface area contributed by atoms with E-state index in [1.54, 1.807) is 0 Å². The van der Waals surface area contributed by atoms with Crippen LogP contribution in [-0.4, -0.2) is 63.7 Å². The van der Waals surface area contributed by atoms with Gasteiger partial charge in [-0.05, 0) is 0 Å². The Morgan fingerprint density at radius 2 is 1.47 bits per heavy atom. The molecular formula is C7H14N2O6. The maximum Gasteiger partial charge on any atom is 0.251 e. The minimum Gasteiger partial charge on any atom is -0.387 e. The lowest BCUT2D eigenvalue weighted by Gasteiger charge is -2.23. The highest BCUT2D eigenvalue weighted by atomic mass is 16.4. The summed E-state index contributed by atoms with van der Waals surface area (Å²) in [4.78, 5) is 21.2. The number of likely N-dealkylation sites (N-methyl/N-ethyl adjacent to an activating group) is 1. The third-order valence-electron chi connectivity index (χ3n) is 1.80. The summed E-state index contributed by atoms with van der Waals surface area (Å²) >= 11 is 0. The van der Waals surface area contributed by atoms with Crippen LogP contribution in [0, 0.1) is 0 Å². The number of nitrogens with two attached hydrogens (primary N) is 1. The summed E-state index contributed by atoms with van der Waals surface area (Å²) in [6.45, 7) is 0. The standard InChI is InChI=1S/C7H14N2O6/c1-9-7(15)5(13)3(11)2(10)4(12)6(8)14/h2-5,10-13H,1H3,(H2,8,14)(H,9,15)/t2-,3-,4?,5+/m1/s1. The molecule has 0 saturated carbocycles. The normalized spacial score (nSPS) is 18.7.